The Morgan fingerprint density at radius 1 is 1.00 bits per heavy atom. The second-order valence-corrected chi connectivity index (χ2v) is 4.56. The van der Waals surface area contributed by atoms with Crippen LogP contribution in [-0.4, -0.2) is 7.11 Å². The van der Waals surface area contributed by atoms with E-state index in [9.17, 15) is 13.2 Å². The summed E-state index contributed by atoms with van der Waals surface area (Å²) < 4.78 is 48.2. The number of benzene rings is 2. The van der Waals surface area contributed by atoms with E-state index in [1.54, 1.807) is 12.1 Å². The minimum absolute atomic E-state index is 0.0905. The summed E-state index contributed by atoms with van der Waals surface area (Å²) in [6, 6.07) is 7.51. The van der Waals surface area contributed by atoms with Crippen molar-refractivity contribution in [1.82, 2.24) is 0 Å². The fraction of sp³-hybridized carbons (Fsp3) is 0.143. The Labute approximate surface area is 124 Å². The maximum atomic E-state index is 12.6. The summed E-state index contributed by atoms with van der Waals surface area (Å²) in [6.45, 7) is 0. The summed E-state index contributed by atoms with van der Waals surface area (Å²) in [5.41, 5.74) is 5.23. The molecule has 0 radical (unpaired) electrons. The van der Waals surface area contributed by atoms with Crippen LogP contribution in [0.15, 0.2) is 36.4 Å². The molecule has 7 heteroatoms. The van der Waals surface area contributed by atoms with Crippen LogP contribution in [0.5, 0.6) is 17.2 Å². The predicted octanol–water partition coefficient (Wildman–Crippen LogP) is 4.74. The average molecular weight is 318 g/mol. The third-order valence-electron chi connectivity index (χ3n) is 2.67. The van der Waals surface area contributed by atoms with Gasteiger partial charge in [-0.15, -0.1) is 0 Å². The van der Waals surface area contributed by atoms with Crippen molar-refractivity contribution in [3.05, 3.63) is 47.0 Å². The van der Waals surface area contributed by atoms with E-state index < -0.39 is 11.7 Å². The smallest absolute Gasteiger partial charge is 0.416 e. The van der Waals surface area contributed by atoms with Gasteiger partial charge in [-0.1, -0.05) is 11.6 Å². The third kappa shape index (κ3) is 3.52. The quantitative estimate of drug-likeness (QED) is 0.831. The number of nitrogen functional groups attached to an aromatic ring is 1. The summed E-state index contributed by atoms with van der Waals surface area (Å²) in [6.07, 6.45) is -4.46. The van der Waals surface area contributed by atoms with Crippen LogP contribution in [-0.2, 0) is 6.18 Å². The lowest BCUT2D eigenvalue weighted by Crippen LogP contribution is -2.04. The van der Waals surface area contributed by atoms with Crippen molar-refractivity contribution >= 4 is 17.3 Å². The standard InChI is InChI=1S/C14H11ClF3NO2/c1-20-13-7-9(19)3-5-12(13)21-11-4-2-8(6-10(11)15)14(16,17)18/h2-7H,19H2,1H3. The van der Waals surface area contributed by atoms with Crippen LogP contribution in [0, 0.1) is 0 Å². The van der Waals surface area contributed by atoms with E-state index in [0.717, 1.165) is 18.2 Å². The molecule has 0 heterocycles. The van der Waals surface area contributed by atoms with Gasteiger partial charge in [-0.05, 0) is 30.3 Å². The molecule has 0 atom stereocenters. The number of methoxy groups -OCH3 is 1. The fourth-order valence-electron chi connectivity index (χ4n) is 1.65. The second kappa shape index (κ2) is 5.73. The first-order valence-electron chi connectivity index (χ1n) is 5.79. The van der Waals surface area contributed by atoms with Crippen LogP contribution < -0.4 is 15.2 Å². The Morgan fingerprint density at radius 2 is 1.67 bits per heavy atom. The first-order valence-corrected chi connectivity index (χ1v) is 6.17. The topological polar surface area (TPSA) is 44.5 Å². The molecular formula is C14H11ClF3NO2. The molecule has 2 N–H and O–H groups in total. The normalized spacial score (nSPS) is 11.3. The van der Waals surface area contributed by atoms with E-state index in [1.807, 2.05) is 0 Å². The van der Waals surface area contributed by atoms with Crippen LogP contribution >= 0.6 is 11.6 Å². The molecule has 0 spiro atoms. The zero-order valence-electron chi connectivity index (χ0n) is 10.9. The Morgan fingerprint density at radius 3 is 2.24 bits per heavy atom. The number of nitrogens with two attached hydrogens (primary N) is 1. The number of alkyl halides is 3. The maximum absolute atomic E-state index is 12.6. The van der Waals surface area contributed by atoms with Gasteiger partial charge in [-0.3, -0.25) is 0 Å². The Balaban J connectivity index is 2.32. The molecule has 0 saturated heterocycles. The first kappa shape index (κ1) is 15.3. The molecule has 0 aromatic heterocycles. The van der Waals surface area contributed by atoms with E-state index in [0.29, 0.717) is 17.2 Å². The van der Waals surface area contributed by atoms with Crippen LogP contribution in [0.3, 0.4) is 0 Å². The Hall–Kier alpha value is -2.08. The van der Waals surface area contributed by atoms with Crippen molar-refractivity contribution in [2.75, 3.05) is 12.8 Å². The molecule has 0 saturated carbocycles. The van der Waals surface area contributed by atoms with E-state index >= 15 is 0 Å². The van der Waals surface area contributed by atoms with Gasteiger partial charge in [0.05, 0.1) is 17.7 Å². The van der Waals surface area contributed by atoms with Crippen molar-refractivity contribution in [2.24, 2.45) is 0 Å². The highest BCUT2D eigenvalue weighted by molar-refractivity contribution is 6.32. The molecule has 112 valence electrons. The first-order chi connectivity index (χ1) is 9.81. The largest absolute Gasteiger partial charge is 0.493 e. The maximum Gasteiger partial charge on any atom is 0.416 e. The molecule has 0 fully saturated rings. The van der Waals surface area contributed by atoms with E-state index in [1.165, 1.54) is 13.2 Å². The van der Waals surface area contributed by atoms with E-state index in [4.69, 9.17) is 26.8 Å². The van der Waals surface area contributed by atoms with E-state index in [2.05, 4.69) is 0 Å². The average Bonchev–Trinajstić information content (AvgIpc) is 2.41. The summed E-state index contributed by atoms with van der Waals surface area (Å²) in [5, 5.41) is -0.149. The number of halogens is 4. The molecule has 0 aliphatic carbocycles. The van der Waals surface area contributed by atoms with Crippen molar-refractivity contribution in [2.45, 2.75) is 6.18 Å². The molecule has 2 aromatic rings. The van der Waals surface area contributed by atoms with Crippen LogP contribution in [0.25, 0.3) is 0 Å². The monoisotopic (exact) mass is 317 g/mol. The molecule has 2 aromatic carbocycles. The predicted molar refractivity (Wildman–Crippen MR) is 73.9 cm³/mol. The van der Waals surface area contributed by atoms with Crippen LogP contribution in [0.1, 0.15) is 5.56 Å². The molecule has 0 bridgehead atoms. The fourth-order valence-corrected chi connectivity index (χ4v) is 1.87. The number of rotatable bonds is 3. The Kier molecular flexibility index (Phi) is 4.18. The van der Waals surface area contributed by atoms with Crippen molar-refractivity contribution in [3.8, 4) is 17.2 Å². The van der Waals surface area contributed by atoms with Gasteiger partial charge in [0, 0.05) is 11.8 Å². The van der Waals surface area contributed by atoms with Gasteiger partial charge >= 0.3 is 6.18 Å². The summed E-state index contributed by atoms with van der Waals surface area (Å²) in [5.74, 6) is 0.743. The van der Waals surface area contributed by atoms with Crippen molar-refractivity contribution < 1.29 is 22.6 Å². The lowest BCUT2D eigenvalue weighted by molar-refractivity contribution is -0.137. The summed E-state index contributed by atoms with van der Waals surface area (Å²) in [4.78, 5) is 0. The van der Waals surface area contributed by atoms with Gasteiger partial charge in [-0.25, -0.2) is 0 Å². The molecule has 21 heavy (non-hydrogen) atoms. The minimum Gasteiger partial charge on any atom is -0.493 e. The number of ether oxygens (including phenoxy) is 2. The SMILES string of the molecule is COc1cc(N)ccc1Oc1ccc(C(F)(F)F)cc1Cl. The summed E-state index contributed by atoms with van der Waals surface area (Å²) in [7, 11) is 1.43. The van der Waals surface area contributed by atoms with Gasteiger partial charge in [0.1, 0.15) is 5.75 Å². The third-order valence-corrected chi connectivity index (χ3v) is 2.96. The molecule has 0 aliphatic rings. The van der Waals surface area contributed by atoms with Crippen molar-refractivity contribution in [1.29, 1.82) is 0 Å². The number of anilines is 1. The minimum atomic E-state index is -4.46. The van der Waals surface area contributed by atoms with Gasteiger partial charge in [0.15, 0.2) is 11.5 Å². The second-order valence-electron chi connectivity index (χ2n) is 4.16. The van der Waals surface area contributed by atoms with E-state index in [-0.39, 0.29) is 10.8 Å². The van der Waals surface area contributed by atoms with Gasteiger partial charge < -0.3 is 15.2 Å². The zero-order valence-corrected chi connectivity index (χ0v) is 11.6. The lowest BCUT2D eigenvalue weighted by Gasteiger charge is -2.13. The summed E-state index contributed by atoms with van der Waals surface area (Å²) >= 11 is 5.82. The van der Waals surface area contributed by atoms with Gasteiger partial charge in [0.2, 0.25) is 0 Å². The molecule has 3 nitrogen and oxygen atoms in total. The molecular weight excluding hydrogens is 307 g/mol. The van der Waals surface area contributed by atoms with Gasteiger partial charge in [-0.2, -0.15) is 13.2 Å². The van der Waals surface area contributed by atoms with Crippen LogP contribution in [0.2, 0.25) is 5.02 Å². The molecule has 0 unspecified atom stereocenters. The molecule has 2 rings (SSSR count). The molecule has 0 aliphatic heterocycles. The zero-order chi connectivity index (χ0) is 15.6. The Bertz CT molecular complexity index is 659. The number of hydrogen-bond acceptors (Lipinski definition) is 3. The van der Waals surface area contributed by atoms with Gasteiger partial charge in [0.25, 0.3) is 0 Å². The van der Waals surface area contributed by atoms with Crippen LogP contribution in [0.4, 0.5) is 18.9 Å². The van der Waals surface area contributed by atoms with Crippen molar-refractivity contribution in [3.63, 3.8) is 0 Å². The molecule has 0 amide bonds. The highest BCUT2D eigenvalue weighted by atomic mass is 35.5. The lowest BCUT2D eigenvalue weighted by atomic mass is 10.2. The highest BCUT2D eigenvalue weighted by Gasteiger charge is 2.31. The highest BCUT2D eigenvalue weighted by Crippen LogP contribution is 2.39. The number of hydrogen-bond donors (Lipinski definition) is 1.